The fourth-order valence-electron chi connectivity index (χ4n) is 5.38. The number of halogens is 2. The SMILES string of the molecule is COCc1cc(F)cc(-c2ccc3c(c2)C2(C=C(F)C(N)=N2)C2(CCC(OC)CC2)O3)c1. The summed E-state index contributed by atoms with van der Waals surface area (Å²) >= 11 is 0. The lowest BCUT2D eigenvalue weighted by Gasteiger charge is -2.43. The lowest BCUT2D eigenvalue weighted by molar-refractivity contribution is -0.0426. The van der Waals surface area contributed by atoms with Crippen LogP contribution in [-0.2, 0) is 21.6 Å². The largest absolute Gasteiger partial charge is 0.484 e. The second-order valence-corrected chi connectivity index (χ2v) is 8.78. The third-order valence-corrected chi connectivity index (χ3v) is 6.94. The maximum Gasteiger partial charge on any atom is 0.163 e. The molecule has 2 spiro atoms. The van der Waals surface area contributed by atoms with Gasteiger partial charge < -0.3 is 19.9 Å². The highest BCUT2D eigenvalue weighted by Gasteiger charge is 2.62. The van der Waals surface area contributed by atoms with Gasteiger partial charge in [0.25, 0.3) is 0 Å². The Morgan fingerprint density at radius 1 is 1.09 bits per heavy atom. The molecule has 0 radical (unpaired) electrons. The summed E-state index contributed by atoms with van der Waals surface area (Å²) in [5, 5.41) is 0. The first-order chi connectivity index (χ1) is 15.4. The summed E-state index contributed by atoms with van der Waals surface area (Å²) in [7, 11) is 3.28. The lowest BCUT2D eigenvalue weighted by Crippen LogP contribution is -2.52. The van der Waals surface area contributed by atoms with Crippen molar-refractivity contribution in [2.75, 3.05) is 14.2 Å². The highest BCUT2D eigenvalue weighted by atomic mass is 19.1. The summed E-state index contributed by atoms with van der Waals surface area (Å²) in [4.78, 5) is 4.64. The highest BCUT2D eigenvalue weighted by Crippen LogP contribution is 2.59. The van der Waals surface area contributed by atoms with Crippen LogP contribution in [0.2, 0.25) is 0 Å². The number of nitrogens with zero attached hydrogens (tertiary/aromatic N) is 1. The summed E-state index contributed by atoms with van der Waals surface area (Å²) in [6.07, 6.45) is 4.53. The number of rotatable bonds is 4. The Morgan fingerprint density at radius 3 is 2.53 bits per heavy atom. The molecular formula is C25H26F2N2O3. The summed E-state index contributed by atoms with van der Waals surface area (Å²) in [5.74, 6) is -0.341. The molecule has 7 heteroatoms. The Morgan fingerprint density at radius 2 is 1.88 bits per heavy atom. The van der Waals surface area contributed by atoms with Gasteiger partial charge in [-0.3, -0.25) is 0 Å². The van der Waals surface area contributed by atoms with E-state index in [1.54, 1.807) is 14.2 Å². The third-order valence-electron chi connectivity index (χ3n) is 6.94. The molecular weight excluding hydrogens is 414 g/mol. The number of ether oxygens (including phenoxy) is 3. The first-order valence-corrected chi connectivity index (χ1v) is 10.8. The normalized spacial score (nSPS) is 28.6. The molecule has 2 aromatic rings. The summed E-state index contributed by atoms with van der Waals surface area (Å²) < 4.78 is 46.1. The molecule has 2 aromatic carbocycles. The number of methoxy groups -OCH3 is 2. The molecule has 1 unspecified atom stereocenters. The molecule has 0 saturated heterocycles. The van der Waals surface area contributed by atoms with E-state index in [1.807, 2.05) is 24.3 Å². The van der Waals surface area contributed by atoms with Crippen LogP contribution >= 0.6 is 0 Å². The smallest absolute Gasteiger partial charge is 0.163 e. The van der Waals surface area contributed by atoms with Gasteiger partial charge in [-0.2, -0.15) is 0 Å². The van der Waals surface area contributed by atoms with Gasteiger partial charge in [-0.15, -0.1) is 0 Å². The molecule has 2 N–H and O–H groups in total. The summed E-state index contributed by atoms with van der Waals surface area (Å²) in [6, 6.07) is 10.5. The van der Waals surface area contributed by atoms with Crippen molar-refractivity contribution in [1.29, 1.82) is 0 Å². The van der Waals surface area contributed by atoms with Crippen LogP contribution in [0.3, 0.4) is 0 Å². The van der Waals surface area contributed by atoms with E-state index >= 15 is 0 Å². The third kappa shape index (κ3) is 3.14. The molecule has 0 bridgehead atoms. The van der Waals surface area contributed by atoms with Crippen molar-refractivity contribution < 1.29 is 23.0 Å². The molecule has 3 aliphatic rings. The summed E-state index contributed by atoms with van der Waals surface area (Å²) in [6.45, 7) is 0.307. The Bertz CT molecular complexity index is 1100. The average molecular weight is 440 g/mol. The monoisotopic (exact) mass is 440 g/mol. The number of amidine groups is 1. The second-order valence-electron chi connectivity index (χ2n) is 8.78. The molecule has 1 fully saturated rings. The molecule has 2 aliphatic heterocycles. The van der Waals surface area contributed by atoms with E-state index < -0.39 is 17.0 Å². The fraction of sp³-hybridized carbons (Fsp3) is 0.400. The zero-order valence-electron chi connectivity index (χ0n) is 18.2. The van der Waals surface area contributed by atoms with Crippen LogP contribution in [0.1, 0.15) is 36.8 Å². The molecule has 1 atom stereocenters. The van der Waals surface area contributed by atoms with Crippen LogP contribution < -0.4 is 10.5 Å². The number of hydrogen-bond acceptors (Lipinski definition) is 5. The molecule has 168 valence electrons. The predicted molar refractivity (Wildman–Crippen MR) is 118 cm³/mol. The van der Waals surface area contributed by atoms with Gasteiger partial charge in [-0.25, -0.2) is 13.8 Å². The number of hydrogen-bond donors (Lipinski definition) is 1. The van der Waals surface area contributed by atoms with Gasteiger partial charge in [0.05, 0.1) is 12.7 Å². The maximum absolute atomic E-state index is 14.7. The van der Waals surface area contributed by atoms with Crippen molar-refractivity contribution >= 4 is 5.84 Å². The number of nitrogens with two attached hydrogens (primary N) is 1. The Balaban J connectivity index is 1.62. The quantitative estimate of drug-likeness (QED) is 0.743. The Kier molecular flexibility index (Phi) is 5.06. The van der Waals surface area contributed by atoms with Crippen LogP contribution in [0, 0.1) is 5.82 Å². The molecule has 32 heavy (non-hydrogen) atoms. The van der Waals surface area contributed by atoms with Crippen molar-refractivity contribution in [3.8, 4) is 16.9 Å². The first-order valence-electron chi connectivity index (χ1n) is 10.8. The van der Waals surface area contributed by atoms with Gasteiger partial charge in [-0.1, -0.05) is 6.07 Å². The van der Waals surface area contributed by atoms with Crippen LogP contribution in [0.4, 0.5) is 8.78 Å². The van der Waals surface area contributed by atoms with Gasteiger partial charge in [0.1, 0.15) is 17.2 Å². The van der Waals surface area contributed by atoms with Crippen molar-refractivity contribution in [2.45, 2.75) is 49.5 Å². The van der Waals surface area contributed by atoms with Gasteiger partial charge in [-0.05, 0) is 78.8 Å². The molecule has 1 saturated carbocycles. The van der Waals surface area contributed by atoms with Crippen LogP contribution in [0.15, 0.2) is 53.3 Å². The summed E-state index contributed by atoms with van der Waals surface area (Å²) in [5.41, 5.74) is 7.12. The van der Waals surface area contributed by atoms with E-state index in [1.165, 1.54) is 18.2 Å². The van der Waals surface area contributed by atoms with Crippen molar-refractivity contribution in [3.63, 3.8) is 0 Å². The zero-order valence-corrected chi connectivity index (χ0v) is 18.2. The average Bonchev–Trinajstić information content (AvgIpc) is 3.22. The molecule has 2 heterocycles. The number of fused-ring (bicyclic) bond motifs is 3. The van der Waals surface area contributed by atoms with E-state index in [0.717, 1.165) is 29.5 Å². The fourth-order valence-corrected chi connectivity index (χ4v) is 5.38. The van der Waals surface area contributed by atoms with E-state index in [0.29, 0.717) is 30.8 Å². The van der Waals surface area contributed by atoms with Gasteiger partial charge >= 0.3 is 0 Å². The molecule has 5 rings (SSSR count). The number of aliphatic imine (C=N–C) groups is 1. The van der Waals surface area contributed by atoms with Gasteiger partial charge in [0.2, 0.25) is 0 Å². The minimum absolute atomic E-state index is 0.117. The number of benzene rings is 2. The Hall–Kier alpha value is -2.77. The van der Waals surface area contributed by atoms with Crippen molar-refractivity contribution in [1.82, 2.24) is 0 Å². The lowest BCUT2D eigenvalue weighted by atomic mass is 9.68. The first kappa shape index (κ1) is 21.1. The van der Waals surface area contributed by atoms with Crippen molar-refractivity contribution in [2.24, 2.45) is 10.7 Å². The highest BCUT2D eigenvalue weighted by molar-refractivity contribution is 5.98. The Labute approximate surface area is 185 Å². The van der Waals surface area contributed by atoms with E-state index in [4.69, 9.17) is 19.9 Å². The van der Waals surface area contributed by atoms with Crippen LogP contribution in [0.5, 0.6) is 5.75 Å². The van der Waals surface area contributed by atoms with Crippen LogP contribution in [-0.4, -0.2) is 31.8 Å². The van der Waals surface area contributed by atoms with Crippen LogP contribution in [0.25, 0.3) is 11.1 Å². The van der Waals surface area contributed by atoms with E-state index in [2.05, 4.69) is 4.99 Å². The second kappa shape index (κ2) is 7.67. The topological polar surface area (TPSA) is 66.1 Å². The predicted octanol–water partition coefficient (Wildman–Crippen LogP) is 4.78. The molecule has 0 amide bonds. The molecule has 1 aliphatic carbocycles. The van der Waals surface area contributed by atoms with E-state index in [9.17, 15) is 8.78 Å². The van der Waals surface area contributed by atoms with Gasteiger partial charge in [0.15, 0.2) is 17.2 Å². The van der Waals surface area contributed by atoms with E-state index in [-0.39, 0.29) is 17.8 Å². The molecule has 0 aromatic heterocycles. The zero-order chi connectivity index (χ0) is 22.5. The maximum atomic E-state index is 14.7. The standard InChI is InChI=1S/C25H26F2N2O3/c1-30-14-15-9-17(11-18(26)10-15)16-3-4-22-20(12-16)25(13-21(27)23(28)29-25)24(32-22)7-5-19(31-2)6-8-24/h3-4,9-13,19H,5-8,14H2,1-2H3,(H2,28,29). The van der Waals surface area contributed by atoms with Crippen molar-refractivity contribution in [3.05, 3.63) is 65.2 Å². The molecule has 5 nitrogen and oxygen atoms in total. The minimum Gasteiger partial charge on any atom is -0.484 e. The van der Waals surface area contributed by atoms with Gasteiger partial charge in [0, 0.05) is 19.8 Å². The minimum atomic E-state index is -1.05.